The maximum atomic E-state index is 9.53. The molecule has 0 spiro atoms. The van der Waals surface area contributed by atoms with E-state index in [9.17, 15) is 5.11 Å². The summed E-state index contributed by atoms with van der Waals surface area (Å²) in [6.07, 6.45) is 2.49. The van der Waals surface area contributed by atoms with Crippen molar-refractivity contribution in [1.29, 1.82) is 0 Å². The van der Waals surface area contributed by atoms with E-state index in [1.807, 2.05) is 30.3 Å². The summed E-state index contributed by atoms with van der Waals surface area (Å²) in [4.78, 5) is 2.37. The first kappa shape index (κ1) is 21.7. The molecule has 3 aromatic carbocycles. The summed E-state index contributed by atoms with van der Waals surface area (Å²) in [5, 5.41) is 9.53. The number of ether oxygens (including phenoxy) is 1. The van der Waals surface area contributed by atoms with Gasteiger partial charge in [-0.05, 0) is 66.3 Å². The molecular formula is C24H26ClNO2S. The van der Waals surface area contributed by atoms with Gasteiger partial charge < -0.3 is 15.6 Å². The second-order valence-electron chi connectivity index (χ2n) is 7.48. The first-order chi connectivity index (χ1) is 13.6. The van der Waals surface area contributed by atoms with E-state index in [1.165, 1.54) is 16.0 Å². The van der Waals surface area contributed by atoms with E-state index in [0.717, 1.165) is 35.5 Å². The number of aliphatic hydroxyl groups is 1. The average molecular weight is 428 g/mol. The zero-order valence-corrected chi connectivity index (χ0v) is 17.8. The predicted octanol–water partition coefficient (Wildman–Crippen LogP) is 5.02. The summed E-state index contributed by atoms with van der Waals surface area (Å²) in [5.41, 5.74) is 9.55. The normalized spacial score (nSPS) is 17.9. The maximum Gasteiger partial charge on any atom is 0.120 e. The Morgan fingerprint density at radius 2 is 1.72 bits per heavy atom. The molecule has 3 aromatic rings. The highest BCUT2D eigenvalue weighted by atomic mass is 35.5. The van der Waals surface area contributed by atoms with Crippen molar-refractivity contribution >= 4 is 24.2 Å². The minimum atomic E-state index is -0.466. The fourth-order valence-corrected chi connectivity index (χ4v) is 4.49. The molecule has 1 aliphatic rings. The smallest absolute Gasteiger partial charge is 0.120 e. The highest BCUT2D eigenvalue weighted by molar-refractivity contribution is 7.99. The predicted molar refractivity (Wildman–Crippen MR) is 121 cm³/mol. The Bertz CT molecular complexity index is 951. The molecule has 0 radical (unpaired) electrons. The van der Waals surface area contributed by atoms with Crippen LogP contribution in [0.3, 0.4) is 0 Å². The van der Waals surface area contributed by atoms with Crippen molar-refractivity contribution in [3.63, 3.8) is 0 Å². The lowest BCUT2D eigenvalue weighted by Crippen LogP contribution is -2.48. The van der Waals surface area contributed by atoms with Crippen LogP contribution in [-0.4, -0.2) is 17.3 Å². The van der Waals surface area contributed by atoms with Crippen LogP contribution in [-0.2, 0) is 19.4 Å². The standard InChI is InChI=1S/C24H25NO2S.ClH/c25-24(17-26)12-11-19-13-23(10-9-20(19)15-24)28-22-8-4-7-21(14-22)27-16-18-5-2-1-3-6-18;/h1-10,13-14,26H,11-12,15-17,25H2;1H. The minimum Gasteiger partial charge on any atom is -0.489 e. The Morgan fingerprint density at radius 1 is 0.931 bits per heavy atom. The van der Waals surface area contributed by atoms with Gasteiger partial charge in [0.25, 0.3) is 0 Å². The molecule has 1 aliphatic carbocycles. The SMILES string of the molecule is Cl.NC1(CO)CCc2cc(Sc3cccc(OCc4ccccc4)c3)ccc2C1. The van der Waals surface area contributed by atoms with Gasteiger partial charge in [0.1, 0.15) is 12.4 Å². The first-order valence-corrected chi connectivity index (χ1v) is 10.4. The van der Waals surface area contributed by atoms with Crippen LogP contribution >= 0.6 is 24.2 Å². The minimum absolute atomic E-state index is 0. The van der Waals surface area contributed by atoms with E-state index in [1.54, 1.807) is 11.8 Å². The fourth-order valence-electron chi connectivity index (χ4n) is 3.56. The maximum absolute atomic E-state index is 9.53. The van der Waals surface area contributed by atoms with E-state index in [0.29, 0.717) is 6.61 Å². The van der Waals surface area contributed by atoms with Crippen LogP contribution in [0.25, 0.3) is 0 Å². The Morgan fingerprint density at radius 3 is 2.52 bits per heavy atom. The van der Waals surface area contributed by atoms with Crippen LogP contribution in [0.5, 0.6) is 5.75 Å². The number of nitrogens with two attached hydrogens (primary N) is 1. The van der Waals surface area contributed by atoms with Crippen LogP contribution in [0.1, 0.15) is 23.1 Å². The van der Waals surface area contributed by atoms with Crippen LogP contribution in [0, 0.1) is 0 Å². The van der Waals surface area contributed by atoms with Gasteiger partial charge in [-0.3, -0.25) is 0 Å². The summed E-state index contributed by atoms with van der Waals surface area (Å²) in [6.45, 7) is 0.609. The summed E-state index contributed by atoms with van der Waals surface area (Å²) in [5.74, 6) is 0.877. The lowest BCUT2D eigenvalue weighted by Gasteiger charge is -2.33. The second kappa shape index (κ2) is 9.68. The van der Waals surface area contributed by atoms with E-state index in [2.05, 4.69) is 42.5 Å². The summed E-state index contributed by atoms with van der Waals surface area (Å²) in [7, 11) is 0. The van der Waals surface area contributed by atoms with E-state index < -0.39 is 5.54 Å². The third-order valence-electron chi connectivity index (χ3n) is 5.22. The second-order valence-corrected chi connectivity index (χ2v) is 8.63. The van der Waals surface area contributed by atoms with E-state index >= 15 is 0 Å². The zero-order valence-electron chi connectivity index (χ0n) is 16.2. The van der Waals surface area contributed by atoms with E-state index in [4.69, 9.17) is 10.5 Å². The quantitative estimate of drug-likeness (QED) is 0.580. The van der Waals surface area contributed by atoms with Gasteiger partial charge in [-0.1, -0.05) is 54.2 Å². The fraction of sp³-hybridized carbons (Fsp3) is 0.250. The number of aryl methyl sites for hydroxylation is 1. The topological polar surface area (TPSA) is 55.5 Å². The van der Waals surface area contributed by atoms with Gasteiger partial charge in [0.05, 0.1) is 6.61 Å². The lowest BCUT2D eigenvalue weighted by molar-refractivity contribution is 0.181. The first-order valence-electron chi connectivity index (χ1n) is 9.60. The Labute approximate surface area is 182 Å². The van der Waals surface area contributed by atoms with E-state index in [-0.39, 0.29) is 19.0 Å². The molecule has 0 aliphatic heterocycles. The zero-order chi connectivity index (χ0) is 19.4. The molecular weight excluding hydrogens is 402 g/mol. The molecule has 1 atom stereocenters. The van der Waals surface area contributed by atoms with Gasteiger partial charge in [-0.2, -0.15) is 0 Å². The number of rotatable bonds is 6. The molecule has 0 fully saturated rings. The molecule has 0 saturated carbocycles. The Kier molecular flexibility index (Phi) is 7.25. The van der Waals surface area contributed by atoms with Gasteiger partial charge >= 0.3 is 0 Å². The van der Waals surface area contributed by atoms with Gasteiger partial charge in [0, 0.05) is 15.3 Å². The molecule has 0 heterocycles. The molecule has 4 rings (SSSR count). The number of halogens is 1. The molecule has 5 heteroatoms. The van der Waals surface area contributed by atoms with Crippen LogP contribution in [0.15, 0.2) is 82.6 Å². The molecule has 0 bridgehead atoms. The molecule has 29 heavy (non-hydrogen) atoms. The Hall–Kier alpha value is -1.98. The number of fused-ring (bicyclic) bond motifs is 1. The lowest BCUT2D eigenvalue weighted by atomic mass is 9.79. The van der Waals surface area contributed by atoms with Gasteiger partial charge in [0.15, 0.2) is 0 Å². The third-order valence-corrected chi connectivity index (χ3v) is 6.20. The van der Waals surface area contributed by atoms with Crippen LogP contribution in [0.4, 0.5) is 0 Å². The number of benzene rings is 3. The molecule has 0 saturated heterocycles. The third kappa shape index (κ3) is 5.55. The van der Waals surface area contributed by atoms with Crippen molar-refractivity contribution in [3.05, 3.63) is 89.5 Å². The average Bonchev–Trinajstić information content (AvgIpc) is 2.73. The van der Waals surface area contributed by atoms with Crippen molar-refractivity contribution in [2.45, 2.75) is 41.2 Å². The summed E-state index contributed by atoms with van der Waals surface area (Å²) < 4.78 is 5.95. The van der Waals surface area contributed by atoms with Crippen LogP contribution in [0.2, 0.25) is 0 Å². The summed E-state index contributed by atoms with van der Waals surface area (Å²) >= 11 is 1.74. The molecule has 152 valence electrons. The monoisotopic (exact) mass is 427 g/mol. The van der Waals surface area contributed by atoms with Gasteiger partial charge in [-0.25, -0.2) is 0 Å². The molecule has 0 aromatic heterocycles. The molecule has 0 amide bonds. The number of hydrogen-bond donors (Lipinski definition) is 2. The molecule has 3 nitrogen and oxygen atoms in total. The van der Waals surface area contributed by atoms with Crippen molar-refractivity contribution in [2.75, 3.05) is 6.61 Å². The number of aliphatic hydroxyl groups excluding tert-OH is 1. The van der Waals surface area contributed by atoms with Crippen molar-refractivity contribution in [3.8, 4) is 5.75 Å². The van der Waals surface area contributed by atoms with Crippen molar-refractivity contribution in [2.24, 2.45) is 5.73 Å². The van der Waals surface area contributed by atoms with Crippen molar-refractivity contribution < 1.29 is 9.84 Å². The number of hydrogen-bond acceptors (Lipinski definition) is 4. The molecule has 1 unspecified atom stereocenters. The Balaban J connectivity index is 0.00000240. The van der Waals surface area contributed by atoms with Gasteiger partial charge in [0.2, 0.25) is 0 Å². The summed E-state index contributed by atoms with van der Waals surface area (Å²) in [6, 6.07) is 25.0. The van der Waals surface area contributed by atoms with Crippen LogP contribution < -0.4 is 10.5 Å². The highest BCUT2D eigenvalue weighted by Gasteiger charge is 2.29. The highest BCUT2D eigenvalue weighted by Crippen LogP contribution is 2.34. The van der Waals surface area contributed by atoms with Crippen molar-refractivity contribution in [1.82, 2.24) is 0 Å². The molecule has 3 N–H and O–H groups in total. The largest absolute Gasteiger partial charge is 0.489 e. The van der Waals surface area contributed by atoms with Gasteiger partial charge in [-0.15, -0.1) is 12.4 Å².